The SMILES string of the molecule is CC1(C)CN(C[C@H](O)CN2CCOCC2)CCN1Cc1ccccc1. The molecule has 0 aromatic heterocycles. The molecule has 0 aliphatic carbocycles. The molecule has 1 aromatic carbocycles. The van der Waals surface area contributed by atoms with Gasteiger partial charge in [-0.3, -0.25) is 14.7 Å². The number of aliphatic hydroxyl groups is 1. The third kappa shape index (κ3) is 5.50. The summed E-state index contributed by atoms with van der Waals surface area (Å²) >= 11 is 0. The van der Waals surface area contributed by atoms with Gasteiger partial charge in [-0.2, -0.15) is 0 Å². The van der Waals surface area contributed by atoms with Gasteiger partial charge in [-0.15, -0.1) is 0 Å². The first kappa shape index (κ1) is 18.8. The van der Waals surface area contributed by atoms with E-state index in [2.05, 4.69) is 58.9 Å². The molecule has 0 bridgehead atoms. The maximum Gasteiger partial charge on any atom is 0.0793 e. The number of hydrogen-bond acceptors (Lipinski definition) is 5. The molecule has 2 saturated heterocycles. The first-order chi connectivity index (χ1) is 12.0. The van der Waals surface area contributed by atoms with Crippen molar-refractivity contribution in [3.63, 3.8) is 0 Å². The molecule has 2 heterocycles. The monoisotopic (exact) mass is 347 g/mol. The third-order valence-electron chi connectivity index (χ3n) is 5.41. The Balaban J connectivity index is 1.47. The van der Waals surface area contributed by atoms with Crippen LogP contribution in [0.4, 0.5) is 0 Å². The van der Waals surface area contributed by atoms with Crippen LogP contribution in [0.15, 0.2) is 30.3 Å². The predicted molar refractivity (Wildman–Crippen MR) is 101 cm³/mol. The van der Waals surface area contributed by atoms with Crippen LogP contribution in [0.5, 0.6) is 0 Å². The molecule has 5 nitrogen and oxygen atoms in total. The molecule has 140 valence electrons. The number of benzene rings is 1. The number of hydrogen-bond donors (Lipinski definition) is 1. The zero-order valence-electron chi connectivity index (χ0n) is 15.7. The fourth-order valence-corrected chi connectivity index (χ4v) is 3.98. The van der Waals surface area contributed by atoms with E-state index in [4.69, 9.17) is 4.74 Å². The number of morpholine rings is 1. The highest BCUT2D eigenvalue weighted by Crippen LogP contribution is 2.23. The topological polar surface area (TPSA) is 39.2 Å². The standard InChI is InChI=1S/C20H33N3O2/c1-20(2)17-22(16-19(24)15-21-10-12-25-13-11-21)8-9-23(20)14-18-6-4-3-5-7-18/h3-7,19,24H,8-17H2,1-2H3/t19-/m1/s1. The summed E-state index contributed by atoms with van der Waals surface area (Å²) in [6.07, 6.45) is -0.283. The number of nitrogens with zero attached hydrogens (tertiary/aromatic N) is 3. The predicted octanol–water partition coefficient (Wildman–Crippen LogP) is 1.28. The lowest BCUT2D eigenvalue weighted by Crippen LogP contribution is -2.60. The van der Waals surface area contributed by atoms with Crippen LogP contribution in [0.2, 0.25) is 0 Å². The second-order valence-corrected chi connectivity index (χ2v) is 8.02. The molecule has 0 spiro atoms. The number of piperazine rings is 1. The summed E-state index contributed by atoms with van der Waals surface area (Å²) in [4.78, 5) is 7.30. The van der Waals surface area contributed by atoms with Crippen molar-refractivity contribution in [1.82, 2.24) is 14.7 Å². The average Bonchev–Trinajstić information content (AvgIpc) is 2.59. The van der Waals surface area contributed by atoms with Gasteiger partial charge in [-0.05, 0) is 19.4 Å². The van der Waals surface area contributed by atoms with Crippen LogP contribution in [0.1, 0.15) is 19.4 Å². The lowest BCUT2D eigenvalue weighted by Gasteiger charge is -2.48. The van der Waals surface area contributed by atoms with Crippen molar-refractivity contribution in [1.29, 1.82) is 0 Å². The maximum absolute atomic E-state index is 10.5. The molecular weight excluding hydrogens is 314 g/mol. The summed E-state index contributed by atoms with van der Waals surface area (Å²) in [7, 11) is 0. The highest BCUT2D eigenvalue weighted by atomic mass is 16.5. The molecule has 0 saturated carbocycles. The molecule has 0 radical (unpaired) electrons. The number of rotatable bonds is 6. The normalized spacial score (nSPS) is 24.3. The third-order valence-corrected chi connectivity index (χ3v) is 5.41. The number of aliphatic hydroxyl groups excluding tert-OH is 1. The molecule has 2 fully saturated rings. The molecule has 0 amide bonds. The number of β-amino-alcohol motifs (C(OH)–C–C–N with tert-alkyl or cyclic N) is 1. The van der Waals surface area contributed by atoms with Crippen LogP contribution in [0.3, 0.4) is 0 Å². The Bertz CT molecular complexity index is 517. The summed E-state index contributed by atoms with van der Waals surface area (Å²) < 4.78 is 5.38. The van der Waals surface area contributed by atoms with Crippen LogP contribution in [0.25, 0.3) is 0 Å². The van der Waals surface area contributed by atoms with Crippen molar-refractivity contribution in [3.8, 4) is 0 Å². The van der Waals surface area contributed by atoms with E-state index in [1.54, 1.807) is 0 Å². The molecule has 1 aromatic rings. The van der Waals surface area contributed by atoms with Gasteiger partial charge in [0, 0.05) is 57.9 Å². The van der Waals surface area contributed by atoms with Gasteiger partial charge in [-0.25, -0.2) is 0 Å². The largest absolute Gasteiger partial charge is 0.390 e. The van der Waals surface area contributed by atoms with Crippen LogP contribution < -0.4 is 0 Å². The molecule has 0 unspecified atom stereocenters. The first-order valence-corrected chi connectivity index (χ1v) is 9.52. The molecule has 5 heteroatoms. The zero-order chi connectivity index (χ0) is 17.7. The van der Waals surface area contributed by atoms with Crippen molar-refractivity contribution in [2.24, 2.45) is 0 Å². The Morgan fingerprint density at radius 1 is 1.00 bits per heavy atom. The minimum atomic E-state index is -0.283. The van der Waals surface area contributed by atoms with Crippen molar-refractivity contribution in [2.75, 3.05) is 59.0 Å². The van der Waals surface area contributed by atoms with Crippen LogP contribution in [0, 0.1) is 0 Å². The molecule has 2 aliphatic heterocycles. The van der Waals surface area contributed by atoms with Crippen molar-refractivity contribution in [2.45, 2.75) is 32.0 Å². The smallest absolute Gasteiger partial charge is 0.0793 e. The van der Waals surface area contributed by atoms with Crippen LogP contribution in [-0.2, 0) is 11.3 Å². The van der Waals surface area contributed by atoms with E-state index in [9.17, 15) is 5.11 Å². The average molecular weight is 348 g/mol. The van der Waals surface area contributed by atoms with Gasteiger partial charge in [0.25, 0.3) is 0 Å². The van der Waals surface area contributed by atoms with Crippen LogP contribution in [-0.4, -0.2) is 90.5 Å². The van der Waals surface area contributed by atoms with Crippen LogP contribution >= 0.6 is 0 Å². The van der Waals surface area contributed by atoms with Gasteiger partial charge >= 0.3 is 0 Å². The second kappa shape index (κ2) is 8.60. The van der Waals surface area contributed by atoms with E-state index < -0.39 is 0 Å². The Hall–Kier alpha value is -0.980. The second-order valence-electron chi connectivity index (χ2n) is 8.02. The Morgan fingerprint density at radius 2 is 1.68 bits per heavy atom. The van der Waals surface area contributed by atoms with Crippen molar-refractivity contribution < 1.29 is 9.84 Å². The Labute approximate surface area is 152 Å². The zero-order valence-corrected chi connectivity index (χ0v) is 15.7. The summed E-state index contributed by atoms with van der Waals surface area (Å²) in [6, 6.07) is 10.7. The van der Waals surface area contributed by atoms with E-state index in [0.717, 1.165) is 65.6 Å². The summed E-state index contributed by atoms with van der Waals surface area (Å²) in [5.74, 6) is 0. The fraction of sp³-hybridized carbons (Fsp3) is 0.700. The van der Waals surface area contributed by atoms with Crippen molar-refractivity contribution in [3.05, 3.63) is 35.9 Å². The number of ether oxygens (including phenoxy) is 1. The Kier molecular flexibility index (Phi) is 6.47. The van der Waals surface area contributed by atoms with Gasteiger partial charge in [-0.1, -0.05) is 30.3 Å². The van der Waals surface area contributed by atoms with E-state index in [1.807, 2.05) is 0 Å². The molecule has 1 N–H and O–H groups in total. The molecule has 3 rings (SSSR count). The molecule has 2 aliphatic rings. The Morgan fingerprint density at radius 3 is 2.36 bits per heavy atom. The summed E-state index contributed by atoms with van der Waals surface area (Å²) in [5.41, 5.74) is 1.49. The molecule has 1 atom stereocenters. The molecule has 25 heavy (non-hydrogen) atoms. The van der Waals surface area contributed by atoms with Gasteiger partial charge in [0.1, 0.15) is 0 Å². The van der Waals surface area contributed by atoms with Gasteiger partial charge in [0.2, 0.25) is 0 Å². The summed E-state index contributed by atoms with van der Waals surface area (Å²) in [5, 5.41) is 10.5. The van der Waals surface area contributed by atoms with E-state index in [0.29, 0.717) is 0 Å². The van der Waals surface area contributed by atoms with E-state index >= 15 is 0 Å². The fourth-order valence-electron chi connectivity index (χ4n) is 3.98. The van der Waals surface area contributed by atoms with E-state index in [-0.39, 0.29) is 11.6 Å². The first-order valence-electron chi connectivity index (χ1n) is 9.52. The lowest BCUT2D eigenvalue weighted by atomic mass is 9.97. The van der Waals surface area contributed by atoms with Gasteiger partial charge in [0.15, 0.2) is 0 Å². The maximum atomic E-state index is 10.5. The minimum absolute atomic E-state index is 0.118. The van der Waals surface area contributed by atoms with Gasteiger partial charge in [0.05, 0.1) is 19.3 Å². The highest BCUT2D eigenvalue weighted by molar-refractivity contribution is 5.15. The lowest BCUT2D eigenvalue weighted by molar-refractivity contribution is -0.0216. The van der Waals surface area contributed by atoms with Gasteiger partial charge < -0.3 is 9.84 Å². The molecular formula is C20H33N3O2. The highest BCUT2D eigenvalue weighted by Gasteiger charge is 2.34. The summed E-state index contributed by atoms with van der Waals surface area (Å²) in [6.45, 7) is 13.7. The minimum Gasteiger partial charge on any atom is -0.390 e. The van der Waals surface area contributed by atoms with Crippen molar-refractivity contribution >= 4 is 0 Å². The van der Waals surface area contributed by atoms with E-state index in [1.165, 1.54) is 5.56 Å². The quantitative estimate of drug-likeness (QED) is 0.839.